The molecule has 5 nitrogen and oxygen atoms in total. The Morgan fingerprint density at radius 3 is 2.18 bits per heavy atom. The third kappa shape index (κ3) is 8.37. The van der Waals surface area contributed by atoms with Crippen molar-refractivity contribution >= 4 is 11.9 Å². The summed E-state index contributed by atoms with van der Waals surface area (Å²) in [5.41, 5.74) is 0. The predicted octanol–water partition coefficient (Wildman–Crippen LogP) is 3.27. The van der Waals surface area contributed by atoms with Gasteiger partial charge in [0.2, 0.25) is 0 Å². The van der Waals surface area contributed by atoms with E-state index in [0.717, 1.165) is 12.8 Å². The highest BCUT2D eigenvalue weighted by atomic mass is 16.5. The Kier molecular flexibility index (Phi) is 9.87. The number of hydrogen-bond donors (Lipinski definition) is 2. The smallest absolute Gasteiger partial charge is 0.320 e. The van der Waals surface area contributed by atoms with Crippen molar-refractivity contribution in [3.8, 4) is 0 Å². The van der Waals surface area contributed by atoms with E-state index in [9.17, 15) is 9.59 Å². The number of carboxylic acid groups (broad SMARTS) is 1. The number of carbonyl (C=O) groups is 2. The van der Waals surface area contributed by atoms with Crippen LogP contribution in [0.5, 0.6) is 0 Å². The van der Waals surface area contributed by atoms with Gasteiger partial charge in [-0.05, 0) is 6.42 Å². The second kappa shape index (κ2) is 11.5. The first-order valence-corrected chi connectivity index (χ1v) is 8.79. The Morgan fingerprint density at radius 2 is 1.64 bits per heavy atom. The van der Waals surface area contributed by atoms with Gasteiger partial charge in [0.1, 0.15) is 12.1 Å². The quantitative estimate of drug-likeness (QED) is 0.427. The zero-order chi connectivity index (χ0) is 16.2. The minimum absolute atomic E-state index is 0.194. The summed E-state index contributed by atoms with van der Waals surface area (Å²) in [6.07, 6.45) is 11.5. The highest BCUT2D eigenvalue weighted by Gasteiger charge is 2.31. The molecule has 1 aliphatic rings. The summed E-state index contributed by atoms with van der Waals surface area (Å²) in [5, 5.41) is 11.7. The molecule has 1 fully saturated rings. The lowest BCUT2D eigenvalue weighted by Gasteiger charge is -2.10. The van der Waals surface area contributed by atoms with E-state index in [1.807, 2.05) is 0 Å². The molecule has 1 aliphatic heterocycles. The fourth-order valence-corrected chi connectivity index (χ4v) is 2.81. The van der Waals surface area contributed by atoms with Gasteiger partial charge in [-0.15, -0.1) is 0 Å². The molecular formula is C17H31NO4. The molecule has 0 spiro atoms. The molecule has 22 heavy (non-hydrogen) atoms. The zero-order valence-corrected chi connectivity index (χ0v) is 13.8. The highest BCUT2D eigenvalue weighted by molar-refractivity contribution is 5.74. The average Bonchev–Trinajstić information content (AvgIpc) is 2.94. The Balaban J connectivity index is 1.93. The molecule has 0 unspecified atom stereocenters. The summed E-state index contributed by atoms with van der Waals surface area (Å²) < 4.78 is 5.30. The second-order valence-corrected chi connectivity index (χ2v) is 6.23. The van der Waals surface area contributed by atoms with Crippen molar-refractivity contribution in [1.29, 1.82) is 0 Å². The van der Waals surface area contributed by atoms with Gasteiger partial charge in [0.25, 0.3) is 0 Å². The van der Waals surface area contributed by atoms with Gasteiger partial charge >= 0.3 is 11.9 Å². The average molecular weight is 313 g/mol. The number of hydrogen-bond acceptors (Lipinski definition) is 4. The molecule has 1 rings (SSSR count). The molecular weight excluding hydrogens is 282 g/mol. The SMILES string of the molecule is CCCCCCCCCCCC(=O)O[C@@H]1CN[C@@H](C(=O)O)C1. The van der Waals surface area contributed by atoms with Crippen LogP contribution in [0.4, 0.5) is 0 Å². The molecule has 0 saturated carbocycles. The van der Waals surface area contributed by atoms with Crippen LogP contribution in [0.15, 0.2) is 0 Å². The van der Waals surface area contributed by atoms with E-state index in [0.29, 0.717) is 19.4 Å². The lowest BCUT2D eigenvalue weighted by molar-refractivity contribution is -0.149. The van der Waals surface area contributed by atoms with Crippen molar-refractivity contribution in [3.63, 3.8) is 0 Å². The summed E-state index contributed by atoms with van der Waals surface area (Å²) in [5.74, 6) is -1.07. The Hall–Kier alpha value is -1.10. The fraction of sp³-hybridized carbons (Fsp3) is 0.882. The predicted molar refractivity (Wildman–Crippen MR) is 85.8 cm³/mol. The van der Waals surface area contributed by atoms with Crippen LogP contribution in [0.3, 0.4) is 0 Å². The first-order chi connectivity index (χ1) is 10.6. The van der Waals surface area contributed by atoms with Crippen LogP contribution < -0.4 is 5.32 Å². The van der Waals surface area contributed by atoms with Crippen LogP contribution in [0.25, 0.3) is 0 Å². The highest BCUT2D eigenvalue weighted by Crippen LogP contribution is 2.14. The first-order valence-electron chi connectivity index (χ1n) is 8.79. The van der Waals surface area contributed by atoms with Crippen LogP contribution in [0, 0.1) is 0 Å². The van der Waals surface area contributed by atoms with Gasteiger partial charge in [-0.25, -0.2) is 0 Å². The molecule has 0 aromatic carbocycles. The van der Waals surface area contributed by atoms with E-state index < -0.39 is 12.0 Å². The van der Waals surface area contributed by atoms with Crippen LogP contribution in [-0.2, 0) is 14.3 Å². The van der Waals surface area contributed by atoms with E-state index in [-0.39, 0.29) is 12.1 Å². The van der Waals surface area contributed by atoms with Crippen LogP contribution in [0.2, 0.25) is 0 Å². The fourth-order valence-electron chi connectivity index (χ4n) is 2.81. The van der Waals surface area contributed by atoms with Crippen molar-refractivity contribution < 1.29 is 19.4 Å². The number of carbonyl (C=O) groups excluding carboxylic acids is 1. The van der Waals surface area contributed by atoms with Crippen molar-refractivity contribution in [3.05, 3.63) is 0 Å². The van der Waals surface area contributed by atoms with Gasteiger partial charge in [0, 0.05) is 19.4 Å². The number of carboxylic acids is 1. The second-order valence-electron chi connectivity index (χ2n) is 6.23. The molecule has 0 amide bonds. The number of ether oxygens (including phenoxy) is 1. The lowest BCUT2D eigenvalue weighted by atomic mass is 10.1. The number of unbranched alkanes of at least 4 members (excludes halogenated alkanes) is 8. The van der Waals surface area contributed by atoms with Gasteiger partial charge in [-0.3, -0.25) is 9.59 Å². The third-order valence-corrected chi connectivity index (χ3v) is 4.17. The molecule has 128 valence electrons. The maximum atomic E-state index is 11.7. The van der Waals surface area contributed by atoms with Crippen LogP contribution >= 0.6 is 0 Å². The molecule has 0 aromatic rings. The molecule has 2 N–H and O–H groups in total. The summed E-state index contributed by atoms with van der Waals surface area (Å²) in [6, 6.07) is -0.578. The number of rotatable bonds is 12. The molecule has 0 aromatic heterocycles. The van der Waals surface area contributed by atoms with Gasteiger partial charge in [0.05, 0.1) is 0 Å². The summed E-state index contributed by atoms with van der Waals surface area (Å²) >= 11 is 0. The minimum atomic E-state index is -0.877. The van der Waals surface area contributed by atoms with E-state index in [2.05, 4.69) is 12.2 Å². The molecule has 2 atom stereocenters. The Bertz CT molecular complexity index is 333. The lowest BCUT2D eigenvalue weighted by Crippen LogP contribution is -2.30. The Labute approximate surface area is 133 Å². The topological polar surface area (TPSA) is 75.6 Å². The van der Waals surface area contributed by atoms with E-state index in [1.165, 1.54) is 44.9 Å². The number of aliphatic carboxylic acids is 1. The molecule has 1 saturated heterocycles. The van der Waals surface area contributed by atoms with Crippen LogP contribution in [0.1, 0.15) is 77.6 Å². The number of esters is 1. The van der Waals surface area contributed by atoms with Crippen molar-refractivity contribution in [2.24, 2.45) is 0 Å². The van der Waals surface area contributed by atoms with E-state index in [4.69, 9.17) is 9.84 Å². The minimum Gasteiger partial charge on any atom is -0.480 e. The van der Waals surface area contributed by atoms with Crippen molar-refractivity contribution in [2.45, 2.75) is 89.7 Å². The summed E-state index contributed by atoms with van der Waals surface area (Å²) in [6.45, 7) is 2.67. The first kappa shape index (κ1) is 18.9. The maximum Gasteiger partial charge on any atom is 0.320 e. The maximum absolute atomic E-state index is 11.7. The van der Waals surface area contributed by atoms with Crippen LogP contribution in [-0.4, -0.2) is 35.7 Å². The third-order valence-electron chi connectivity index (χ3n) is 4.17. The zero-order valence-electron chi connectivity index (χ0n) is 13.8. The largest absolute Gasteiger partial charge is 0.480 e. The summed E-state index contributed by atoms with van der Waals surface area (Å²) in [7, 11) is 0. The molecule has 5 heteroatoms. The van der Waals surface area contributed by atoms with Gasteiger partial charge in [-0.1, -0.05) is 58.3 Å². The van der Waals surface area contributed by atoms with E-state index in [1.54, 1.807) is 0 Å². The molecule has 0 radical (unpaired) electrons. The normalized spacial score (nSPS) is 21.0. The van der Waals surface area contributed by atoms with Gasteiger partial charge in [0.15, 0.2) is 0 Å². The molecule has 0 aliphatic carbocycles. The monoisotopic (exact) mass is 313 g/mol. The van der Waals surface area contributed by atoms with E-state index >= 15 is 0 Å². The molecule has 0 bridgehead atoms. The molecule has 1 heterocycles. The van der Waals surface area contributed by atoms with Gasteiger partial charge < -0.3 is 15.2 Å². The van der Waals surface area contributed by atoms with Crippen molar-refractivity contribution in [2.75, 3.05) is 6.54 Å². The summed E-state index contributed by atoms with van der Waals surface area (Å²) in [4.78, 5) is 22.5. The number of nitrogens with one attached hydrogen (secondary N) is 1. The van der Waals surface area contributed by atoms with Crippen molar-refractivity contribution in [1.82, 2.24) is 5.32 Å². The van der Waals surface area contributed by atoms with Gasteiger partial charge in [-0.2, -0.15) is 0 Å². The Morgan fingerprint density at radius 1 is 1.05 bits per heavy atom. The standard InChI is InChI=1S/C17H31NO4/c1-2-3-4-5-6-7-8-9-10-11-16(19)22-14-12-15(17(20)21)18-13-14/h14-15,18H,2-13H2,1H3,(H,20,21)/t14-,15+/m0/s1.